The molecule has 0 aromatic carbocycles. The number of pyridine rings is 1. The van der Waals surface area contributed by atoms with Crippen LogP contribution in [0.1, 0.15) is 6.92 Å². The molecule has 4 heteroatoms. The average Bonchev–Trinajstić information content (AvgIpc) is 2.09. The predicted octanol–water partition coefficient (Wildman–Crippen LogP) is 0.699. The minimum Gasteiger partial charge on any atom is -0.265 e. The maximum absolute atomic E-state index is 9.41. The van der Waals surface area contributed by atoms with Gasteiger partial charge in [-0.15, -0.1) is 0 Å². The van der Waals surface area contributed by atoms with Gasteiger partial charge < -0.3 is 0 Å². The van der Waals surface area contributed by atoms with Gasteiger partial charge in [0.1, 0.15) is 10.7 Å². The van der Waals surface area contributed by atoms with Crippen molar-refractivity contribution >= 4 is 10.7 Å². The van der Waals surface area contributed by atoms with Gasteiger partial charge in [0.2, 0.25) is 0 Å². The summed E-state index contributed by atoms with van der Waals surface area (Å²) in [4.78, 5) is 3.78. The van der Waals surface area contributed by atoms with Gasteiger partial charge in [0, 0.05) is 18.1 Å². The second-order valence-electron chi connectivity index (χ2n) is 1.67. The SMILES string of the molecule is CC[SH](=O)=O.c1ccncc1. The molecule has 0 saturated carbocycles. The predicted molar refractivity (Wildman–Crippen MR) is 45.1 cm³/mol. The lowest BCUT2D eigenvalue weighted by Gasteiger charge is -1.70. The Balaban J connectivity index is 0.000000187. The maximum atomic E-state index is 9.41. The Hall–Kier alpha value is -0.900. The highest BCUT2D eigenvalue weighted by atomic mass is 32.2. The molecule has 0 unspecified atom stereocenters. The molecule has 0 spiro atoms. The number of rotatable bonds is 1. The van der Waals surface area contributed by atoms with E-state index in [2.05, 4.69) is 4.98 Å². The van der Waals surface area contributed by atoms with E-state index < -0.39 is 10.7 Å². The van der Waals surface area contributed by atoms with E-state index in [-0.39, 0.29) is 5.75 Å². The first-order valence-electron chi connectivity index (χ1n) is 3.24. The van der Waals surface area contributed by atoms with Crippen LogP contribution in [0.15, 0.2) is 30.6 Å². The molecule has 1 heterocycles. The van der Waals surface area contributed by atoms with Crippen LogP contribution in [0.4, 0.5) is 0 Å². The standard InChI is InChI=1S/C5H5N.C2H6O2S/c1-2-4-6-5-3-1;1-2-5(3)4/h1-5H;5H,2H2,1H3. The van der Waals surface area contributed by atoms with Gasteiger partial charge in [-0.2, -0.15) is 0 Å². The normalized spacial score (nSPS) is 8.55. The van der Waals surface area contributed by atoms with E-state index in [0.717, 1.165) is 0 Å². The Morgan fingerprint density at radius 3 is 1.73 bits per heavy atom. The summed E-state index contributed by atoms with van der Waals surface area (Å²) in [6.07, 6.45) is 3.50. The lowest BCUT2D eigenvalue weighted by Crippen LogP contribution is -1.73. The molecule has 0 amide bonds. The first-order chi connectivity index (χ1) is 5.27. The summed E-state index contributed by atoms with van der Waals surface area (Å²) >= 11 is 0. The van der Waals surface area contributed by atoms with Gasteiger partial charge in [0.05, 0.1) is 0 Å². The van der Waals surface area contributed by atoms with Gasteiger partial charge in [0.15, 0.2) is 0 Å². The zero-order valence-corrected chi connectivity index (χ0v) is 7.20. The fourth-order valence-electron chi connectivity index (χ4n) is 0.313. The highest BCUT2D eigenvalue weighted by Crippen LogP contribution is 1.73. The van der Waals surface area contributed by atoms with Crippen molar-refractivity contribution < 1.29 is 8.42 Å². The first-order valence-corrected chi connectivity index (χ1v) is 4.60. The third-order valence-electron chi connectivity index (χ3n) is 0.825. The van der Waals surface area contributed by atoms with Gasteiger partial charge in [-0.3, -0.25) is 4.98 Å². The number of nitrogens with zero attached hydrogens (tertiary/aromatic N) is 1. The minimum absolute atomic E-state index is 0.259. The molecule has 0 bridgehead atoms. The highest BCUT2D eigenvalue weighted by Gasteiger charge is 1.65. The third kappa shape index (κ3) is 9.10. The van der Waals surface area contributed by atoms with Crippen LogP contribution in [0, 0.1) is 0 Å². The molecule has 1 aromatic heterocycles. The summed E-state index contributed by atoms with van der Waals surface area (Å²) in [5.74, 6) is 0.259. The van der Waals surface area contributed by atoms with Crippen LogP contribution in [0.2, 0.25) is 0 Å². The molecule has 62 valence electrons. The largest absolute Gasteiger partial charge is 0.265 e. The summed E-state index contributed by atoms with van der Waals surface area (Å²) in [6.45, 7) is 1.60. The van der Waals surface area contributed by atoms with E-state index in [9.17, 15) is 8.42 Å². The smallest absolute Gasteiger partial charge is 0.139 e. The molecule has 0 fully saturated rings. The van der Waals surface area contributed by atoms with Crippen molar-refractivity contribution in [3.05, 3.63) is 30.6 Å². The van der Waals surface area contributed by atoms with Gasteiger partial charge in [-0.25, -0.2) is 8.42 Å². The summed E-state index contributed by atoms with van der Waals surface area (Å²) in [5.41, 5.74) is 0. The Bertz CT molecular complexity index is 199. The van der Waals surface area contributed by atoms with E-state index in [1.807, 2.05) is 18.2 Å². The molecule has 11 heavy (non-hydrogen) atoms. The van der Waals surface area contributed by atoms with Crippen molar-refractivity contribution in [2.24, 2.45) is 0 Å². The van der Waals surface area contributed by atoms with Crippen molar-refractivity contribution in [3.8, 4) is 0 Å². The molecule has 3 nitrogen and oxygen atoms in total. The molecule has 0 saturated heterocycles. The van der Waals surface area contributed by atoms with Crippen LogP contribution in [0.25, 0.3) is 0 Å². The van der Waals surface area contributed by atoms with Crippen molar-refractivity contribution in [3.63, 3.8) is 0 Å². The average molecular weight is 173 g/mol. The Morgan fingerprint density at radius 2 is 1.64 bits per heavy atom. The van der Waals surface area contributed by atoms with Crippen LogP contribution in [-0.2, 0) is 10.7 Å². The minimum atomic E-state index is -2.10. The second kappa shape index (κ2) is 7.21. The van der Waals surface area contributed by atoms with Gasteiger partial charge in [0.25, 0.3) is 0 Å². The third-order valence-corrected chi connectivity index (χ3v) is 1.34. The monoisotopic (exact) mass is 173 g/mol. The van der Waals surface area contributed by atoms with Gasteiger partial charge >= 0.3 is 0 Å². The van der Waals surface area contributed by atoms with Crippen LogP contribution in [0.5, 0.6) is 0 Å². The van der Waals surface area contributed by atoms with E-state index in [0.29, 0.717) is 0 Å². The molecular formula is C7H11NO2S. The van der Waals surface area contributed by atoms with Crippen molar-refractivity contribution in [1.82, 2.24) is 4.98 Å². The lowest BCUT2D eigenvalue weighted by molar-refractivity contribution is 0.615. The summed E-state index contributed by atoms with van der Waals surface area (Å²) in [6, 6.07) is 5.72. The fraction of sp³-hybridized carbons (Fsp3) is 0.286. The molecule has 0 aliphatic rings. The van der Waals surface area contributed by atoms with Gasteiger partial charge in [-0.05, 0) is 12.1 Å². The van der Waals surface area contributed by atoms with Crippen molar-refractivity contribution in [2.75, 3.05) is 5.75 Å². The fourth-order valence-corrected chi connectivity index (χ4v) is 0.313. The number of hydrogen-bond acceptors (Lipinski definition) is 3. The molecule has 0 atom stereocenters. The summed E-state index contributed by atoms with van der Waals surface area (Å²) in [5, 5.41) is 0. The van der Waals surface area contributed by atoms with Crippen LogP contribution in [0.3, 0.4) is 0 Å². The quantitative estimate of drug-likeness (QED) is 0.636. The molecule has 1 rings (SSSR count). The molecule has 0 N–H and O–H groups in total. The van der Waals surface area contributed by atoms with E-state index in [4.69, 9.17) is 0 Å². The van der Waals surface area contributed by atoms with Crippen LogP contribution >= 0.6 is 0 Å². The van der Waals surface area contributed by atoms with E-state index >= 15 is 0 Å². The topological polar surface area (TPSA) is 47.0 Å². The molecule has 0 aliphatic heterocycles. The Labute approximate surface area is 68.0 Å². The molecule has 0 aliphatic carbocycles. The van der Waals surface area contributed by atoms with Crippen LogP contribution < -0.4 is 0 Å². The Morgan fingerprint density at radius 1 is 1.18 bits per heavy atom. The van der Waals surface area contributed by atoms with Crippen molar-refractivity contribution in [1.29, 1.82) is 0 Å². The number of hydrogen-bond donors (Lipinski definition) is 1. The molecule has 0 radical (unpaired) electrons. The van der Waals surface area contributed by atoms with E-state index in [1.54, 1.807) is 19.3 Å². The zero-order chi connectivity index (χ0) is 8.53. The number of aromatic nitrogens is 1. The maximum Gasteiger partial charge on any atom is 0.139 e. The van der Waals surface area contributed by atoms with Gasteiger partial charge in [-0.1, -0.05) is 13.0 Å². The number of thiol groups is 1. The lowest BCUT2D eigenvalue weighted by atomic mass is 10.5. The van der Waals surface area contributed by atoms with Crippen molar-refractivity contribution in [2.45, 2.75) is 6.92 Å². The molecular weight excluding hydrogens is 162 g/mol. The summed E-state index contributed by atoms with van der Waals surface area (Å²) in [7, 11) is -2.10. The first kappa shape index (κ1) is 10.1. The second-order valence-corrected chi connectivity index (χ2v) is 2.97. The molecule has 1 aromatic rings. The van der Waals surface area contributed by atoms with Crippen LogP contribution in [-0.4, -0.2) is 19.2 Å². The zero-order valence-electron chi connectivity index (χ0n) is 6.30. The highest BCUT2D eigenvalue weighted by molar-refractivity contribution is 7.72. The summed E-state index contributed by atoms with van der Waals surface area (Å²) < 4.78 is 18.8. The Kier molecular flexibility index (Phi) is 6.62. The van der Waals surface area contributed by atoms with E-state index in [1.165, 1.54) is 0 Å².